The quantitative estimate of drug-likeness (QED) is 0.484. The van der Waals surface area contributed by atoms with E-state index in [0.29, 0.717) is 22.6 Å². The van der Waals surface area contributed by atoms with Gasteiger partial charge < -0.3 is 4.74 Å². The second-order valence-electron chi connectivity index (χ2n) is 4.54. The lowest BCUT2D eigenvalue weighted by molar-refractivity contribution is -0.112. The van der Waals surface area contributed by atoms with Crippen molar-refractivity contribution in [1.82, 2.24) is 10.2 Å². The molecule has 0 aliphatic rings. The monoisotopic (exact) mass is 364 g/mol. The van der Waals surface area contributed by atoms with Crippen molar-refractivity contribution in [2.75, 3.05) is 18.7 Å². The Morgan fingerprint density at radius 2 is 2.00 bits per heavy atom. The lowest BCUT2D eigenvalue weighted by Crippen LogP contribution is -2.13. The normalized spacial score (nSPS) is 11.6. The van der Waals surface area contributed by atoms with E-state index in [9.17, 15) is 13.2 Å². The third-order valence-electron chi connectivity index (χ3n) is 2.74. The number of nitriles is 1. The second-order valence-corrected chi connectivity index (χ2v) is 7.71. The van der Waals surface area contributed by atoms with Gasteiger partial charge in [-0.1, -0.05) is 23.5 Å². The molecule has 8 nitrogen and oxygen atoms in total. The highest BCUT2D eigenvalue weighted by Gasteiger charge is 2.17. The fraction of sp³-hybridized carbons (Fsp3) is 0.143. The van der Waals surface area contributed by atoms with E-state index in [1.165, 1.54) is 13.2 Å². The van der Waals surface area contributed by atoms with Gasteiger partial charge in [-0.25, -0.2) is 8.42 Å². The summed E-state index contributed by atoms with van der Waals surface area (Å²) in [6, 6.07) is 8.57. The molecule has 0 aliphatic carbocycles. The number of ether oxygens (including phenoxy) is 1. The molecule has 0 saturated heterocycles. The van der Waals surface area contributed by atoms with Gasteiger partial charge in [0.15, 0.2) is 0 Å². The topological polar surface area (TPSA) is 122 Å². The zero-order valence-electron chi connectivity index (χ0n) is 12.7. The van der Waals surface area contributed by atoms with E-state index in [4.69, 9.17) is 10.00 Å². The van der Waals surface area contributed by atoms with Crippen LogP contribution >= 0.6 is 11.3 Å². The predicted octanol–water partition coefficient (Wildman–Crippen LogP) is 1.50. The minimum atomic E-state index is -3.50. The van der Waals surface area contributed by atoms with Crippen molar-refractivity contribution < 1.29 is 17.9 Å². The molecule has 1 heterocycles. The molecule has 24 heavy (non-hydrogen) atoms. The number of nitrogens with one attached hydrogen (secondary N) is 1. The number of carbonyl (C=O) groups is 1. The van der Waals surface area contributed by atoms with Crippen molar-refractivity contribution in [2.45, 2.75) is 4.34 Å². The summed E-state index contributed by atoms with van der Waals surface area (Å²) in [5.74, 6) is -0.0539. The van der Waals surface area contributed by atoms with Crippen molar-refractivity contribution in [3.8, 4) is 11.8 Å². The molecule has 2 rings (SSSR count). The number of amides is 1. The summed E-state index contributed by atoms with van der Waals surface area (Å²) in [6.45, 7) is 0. The molecule has 1 aromatic carbocycles. The second kappa shape index (κ2) is 7.20. The number of aromatic nitrogens is 2. The minimum absolute atomic E-state index is 0.00342. The molecular weight excluding hydrogens is 352 g/mol. The Morgan fingerprint density at radius 1 is 1.33 bits per heavy atom. The molecule has 0 atom stereocenters. The number of hydrogen-bond acceptors (Lipinski definition) is 8. The summed E-state index contributed by atoms with van der Waals surface area (Å²) in [5, 5.41) is 18.5. The molecule has 2 aromatic rings. The Kier molecular flexibility index (Phi) is 5.28. The van der Waals surface area contributed by atoms with Gasteiger partial charge in [0.2, 0.25) is 19.3 Å². The lowest BCUT2D eigenvalue weighted by atomic mass is 10.1. The Bertz CT molecular complexity index is 924. The summed E-state index contributed by atoms with van der Waals surface area (Å²) in [7, 11) is -1.96. The van der Waals surface area contributed by atoms with Crippen LogP contribution in [0.1, 0.15) is 5.56 Å². The van der Waals surface area contributed by atoms with Gasteiger partial charge in [-0.2, -0.15) is 5.26 Å². The highest BCUT2D eigenvalue weighted by Crippen LogP contribution is 2.20. The molecular formula is C14H12N4O4S2. The number of nitrogens with zero attached hydrogens (tertiary/aromatic N) is 3. The largest absolute Gasteiger partial charge is 0.497 e. The molecule has 0 fully saturated rings. The van der Waals surface area contributed by atoms with E-state index in [1.807, 2.05) is 0 Å². The number of rotatable bonds is 5. The summed E-state index contributed by atoms with van der Waals surface area (Å²) in [4.78, 5) is 12.1. The van der Waals surface area contributed by atoms with Gasteiger partial charge in [0, 0.05) is 6.26 Å². The van der Waals surface area contributed by atoms with Gasteiger partial charge in [0.05, 0.1) is 7.11 Å². The molecule has 0 bridgehead atoms. The summed E-state index contributed by atoms with van der Waals surface area (Å²) < 4.78 is 27.5. The molecule has 0 radical (unpaired) electrons. The van der Waals surface area contributed by atoms with Crippen LogP contribution in [0.15, 0.2) is 34.2 Å². The first kappa shape index (κ1) is 17.6. The SMILES string of the molecule is COc1ccc(C=C(C#N)C(=O)Nc2nnc(S(C)(=O)=O)s2)cc1. The summed E-state index contributed by atoms with van der Waals surface area (Å²) in [6.07, 6.45) is 2.39. The van der Waals surface area contributed by atoms with Crippen molar-refractivity contribution in [1.29, 1.82) is 5.26 Å². The number of methoxy groups -OCH3 is 1. The van der Waals surface area contributed by atoms with Crippen LogP contribution in [0.4, 0.5) is 5.13 Å². The first-order valence-corrected chi connectivity index (χ1v) is 9.15. The highest BCUT2D eigenvalue weighted by molar-refractivity contribution is 7.92. The van der Waals surface area contributed by atoms with Crippen LogP contribution in [0.2, 0.25) is 0 Å². The molecule has 1 aromatic heterocycles. The molecule has 0 unspecified atom stereocenters. The lowest BCUT2D eigenvalue weighted by Gasteiger charge is -2.01. The van der Waals surface area contributed by atoms with Crippen LogP contribution in [0.3, 0.4) is 0 Å². The van der Waals surface area contributed by atoms with Crippen molar-refractivity contribution >= 4 is 38.3 Å². The van der Waals surface area contributed by atoms with E-state index >= 15 is 0 Å². The van der Waals surface area contributed by atoms with Crippen LogP contribution in [-0.2, 0) is 14.6 Å². The van der Waals surface area contributed by atoms with Gasteiger partial charge in [-0.15, -0.1) is 10.2 Å². The Balaban J connectivity index is 2.18. The maximum atomic E-state index is 12.1. The predicted molar refractivity (Wildman–Crippen MR) is 88.2 cm³/mol. The van der Waals surface area contributed by atoms with Gasteiger partial charge in [0.25, 0.3) is 5.91 Å². The molecule has 0 spiro atoms. The van der Waals surface area contributed by atoms with Gasteiger partial charge in [-0.05, 0) is 23.8 Å². The van der Waals surface area contributed by atoms with Crippen LogP contribution in [0.5, 0.6) is 5.75 Å². The first-order chi connectivity index (χ1) is 11.3. The maximum absolute atomic E-state index is 12.1. The highest BCUT2D eigenvalue weighted by atomic mass is 32.2. The van der Waals surface area contributed by atoms with E-state index in [1.54, 1.807) is 30.3 Å². The molecule has 0 aliphatic heterocycles. The standard InChI is InChI=1S/C14H12N4O4S2/c1-22-11-5-3-9(4-6-11)7-10(8-15)12(19)16-13-17-18-14(23-13)24(2,20)21/h3-7H,1-2H3,(H,16,17,19). The Morgan fingerprint density at radius 3 is 2.50 bits per heavy atom. The van der Waals surface area contributed by atoms with Crippen LogP contribution in [0, 0.1) is 11.3 Å². The maximum Gasteiger partial charge on any atom is 0.268 e. The smallest absolute Gasteiger partial charge is 0.268 e. The molecule has 1 N–H and O–H groups in total. The van der Waals surface area contributed by atoms with E-state index in [-0.39, 0.29) is 15.0 Å². The number of sulfone groups is 1. The van der Waals surface area contributed by atoms with Crippen molar-refractivity contribution in [3.05, 3.63) is 35.4 Å². The molecule has 1 amide bonds. The fourth-order valence-corrected chi connectivity index (χ4v) is 3.09. The zero-order chi connectivity index (χ0) is 17.7. The average molecular weight is 364 g/mol. The van der Waals surface area contributed by atoms with Crippen LogP contribution < -0.4 is 10.1 Å². The minimum Gasteiger partial charge on any atom is -0.497 e. The van der Waals surface area contributed by atoms with Crippen molar-refractivity contribution in [2.24, 2.45) is 0 Å². The van der Waals surface area contributed by atoms with Crippen LogP contribution in [0.25, 0.3) is 6.08 Å². The Labute approximate surface area is 142 Å². The number of carbonyl (C=O) groups excluding carboxylic acids is 1. The van der Waals surface area contributed by atoms with E-state index in [2.05, 4.69) is 15.5 Å². The van der Waals surface area contributed by atoms with Gasteiger partial charge in [-0.3, -0.25) is 10.1 Å². The molecule has 10 heteroatoms. The van der Waals surface area contributed by atoms with E-state index < -0.39 is 15.7 Å². The molecule has 124 valence electrons. The fourth-order valence-electron chi connectivity index (χ4n) is 1.59. The average Bonchev–Trinajstić information content (AvgIpc) is 3.01. The zero-order valence-corrected chi connectivity index (χ0v) is 14.3. The number of benzene rings is 1. The summed E-state index contributed by atoms with van der Waals surface area (Å²) >= 11 is 0.712. The third-order valence-corrected chi connectivity index (χ3v) is 5.24. The first-order valence-electron chi connectivity index (χ1n) is 6.44. The number of hydrogen-bond donors (Lipinski definition) is 1. The molecule has 0 saturated carbocycles. The Hall–Kier alpha value is -2.77. The summed E-state index contributed by atoms with van der Waals surface area (Å²) in [5.41, 5.74) is 0.480. The van der Waals surface area contributed by atoms with E-state index in [0.717, 1.165) is 6.26 Å². The number of anilines is 1. The van der Waals surface area contributed by atoms with Gasteiger partial charge >= 0.3 is 0 Å². The third kappa shape index (κ3) is 4.37. The van der Waals surface area contributed by atoms with Gasteiger partial charge in [0.1, 0.15) is 17.4 Å². The van der Waals surface area contributed by atoms with Crippen LogP contribution in [-0.4, -0.2) is 37.9 Å². The van der Waals surface area contributed by atoms with Crippen molar-refractivity contribution in [3.63, 3.8) is 0 Å².